The summed E-state index contributed by atoms with van der Waals surface area (Å²) < 4.78 is 11.3. The van der Waals surface area contributed by atoms with Crippen molar-refractivity contribution in [2.45, 2.75) is 71.6 Å². The van der Waals surface area contributed by atoms with Crippen LogP contribution >= 0.6 is 0 Å². The Morgan fingerprint density at radius 1 is 0.767 bits per heavy atom. The first-order valence-electron chi connectivity index (χ1n) is 11.6. The molecule has 0 N–H and O–H groups in total. The van der Waals surface area contributed by atoms with Crippen LogP contribution in [0.2, 0.25) is 0 Å². The van der Waals surface area contributed by atoms with Crippen LogP contribution < -0.4 is 4.74 Å². The summed E-state index contributed by atoms with van der Waals surface area (Å²) in [6.07, 6.45) is 18.3. The van der Waals surface area contributed by atoms with Gasteiger partial charge in [0.25, 0.3) is 0 Å². The van der Waals surface area contributed by atoms with Gasteiger partial charge in [0.2, 0.25) is 0 Å². The molecule has 0 fully saturated rings. The molecule has 4 nitrogen and oxygen atoms in total. The van der Waals surface area contributed by atoms with E-state index in [2.05, 4.69) is 60.2 Å². The predicted octanol–water partition coefficient (Wildman–Crippen LogP) is 6.80. The van der Waals surface area contributed by atoms with Gasteiger partial charge in [-0.2, -0.15) is 0 Å². The van der Waals surface area contributed by atoms with E-state index in [1.807, 2.05) is 0 Å². The minimum atomic E-state index is 0.657. The third-order valence-corrected chi connectivity index (χ3v) is 4.89. The highest BCUT2D eigenvalue weighted by Crippen LogP contribution is 2.18. The maximum atomic E-state index is 5.72. The SMILES string of the molecule is CCCC/C=C\CCOc1cnc(-c2ccc(CCCCCOCCC)cc2)nc1. The number of unbranched alkanes of at least 4 members (excludes halogenated alkanes) is 4. The Kier molecular flexibility index (Phi) is 12.5. The lowest BCUT2D eigenvalue weighted by Crippen LogP contribution is -1.98. The molecule has 0 aliphatic heterocycles. The van der Waals surface area contributed by atoms with Gasteiger partial charge in [0.05, 0.1) is 19.0 Å². The van der Waals surface area contributed by atoms with Crippen LogP contribution in [0.4, 0.5) is 0 Å². The third kappa shape index (κ3) is 10.0. The molecule has 0 aliphatic carbocycles. The number of rotatable bonds is 16. The highest BCUT2D eigenvalue weighted by molar-refractivity contribution is 5.55. The van der Waals surface area contributed by atoms with Gasteiger partial charge in [-0.25, -0.2) is 9.97 Å². The van der Waals surface area contributed by atoms with E-state index in [4.69, 9.17) is 9.47 Å². The van der Waals surface area contributed by atoms with Crippen LogP contribution in [0.1, 0.15) is 70.8 Å². The van der Waals surface area contributed by atoms with Crippen LogP contribution in [-0.2, 0) is 11.2 Å². The van der Waals surface area contributed by atoms with E-state index in [0.29, 0.717) is 6.61 Å². The molecule has 30 heavy (non-hydrogen) atoms. The van der Waals surface area contributed by atoms with Crippen molar-refractivity contribution in [3.63, 3.8) is 0 Å². The molecule has 1 heterocycles. The van der Waals surface area contributed by atoms with Gasteiger partial charge in [0, 0.05) is 18.8 Å². The average Bonchev–Trinajstić information content (AvgIpc) is 2.79. The summed E-state index contributed by atoms with van der Waals surface area (Å²) in [5.41, 5.74) is 2.40. The minimum Gasteiger partial charge on any atom is -0.490 e. The summed E-state index contributed by atoms with van der Waals surface area (Å²) >= 11 is 0. The molecule has 0 saturated carbocycles. The largest absolute Gasteiger partial charge is 0.490 e. The molecule has 4 heteroatoms. The van der Waals surface area contributed by atoms with Gasteiger partial charge in [0.15, 0.2) is 11.6 Å². The summed E-state index contributed by atoms with van der Waals surface area (Å²) in [6, 6.07) is 8.58. The van der Waals surface area contributed by atoms with E-state index in [-0.39, 0.29) is 0 Å². The van der Waals surface area contributed by atoms with Crippen molar-refractivity contribution in [2.75, 3.05) is 19.8 Å². The maximum absolute atomic E-state index is 5.72. The van der Waals surface area contributed by atoms with Gasteiger partial charge in [-0.15, -0.1) is 0 Å². The zero-order chi connectivity index (χ0) is 21.3. The first-order chi connectivity index (χ1) is 14.8. The number of ether oxygens (including phenoxy) is 2. The number of hydrogen-bond acceptors (Lipinski definition) is 4. The average molecular weight is 411 g/mol. The first kappa shape index (κ1) is 24.1. The Hall–Kier alpha value is -2.20. The monoisotopic (exact) mass is 410 g/mol. The second-order valence-corrected chi connectivity index (χ2v) is 7.61. The van der Waals surface area contributed by atoms with Gasteiger partial charge in [-0.1, -0.05) is 69.5 Å². The van der Waals surface area contributed by atoms with E-state index in [1.165, 1.54) is 31.2 Å². The second kappa shape index (κ2) is 15.6. The molecule has 1 aromatic heterocycles. The normalized spacial score (nSPS) is 11.3. The number of aromatic nitrogens is 2. The zero-order valence-corrected chi connectivity index (χ0v) is 18.8. The number of aryl methyl sites for hydroxylation is 1. The Bertz CT molecular complexity index is 696. The van der Waals surface area contributed by atoms with E-state index in [0.717, 1.165) is 62.5 Å². The molecule has 0 atom stereocenters. The van der Waals surface area contributed by atoms with Crippen molar-refractivity contribution >= 4 is 0 Å². The van der Waals surface area contributed by atoms with E-state index >= 15 is 0 Å². The molecule has 2 rings (SSSR count). The summed E-state index contributed by atoms with van der Waals surface area (Å²) in [4.78, 5) is 8.92. The number of hydrogen-bond donors (Lipinski definition) is 0. The van der Waals surface area contributed by atoms with Crippen LogP contribution in [-0.4, -0.2) is 29.8 Å². The lowest BCUT2D eigenvalue weighted by atomic mass is 10.0. The van der Waals surface area contributed by atoms with Crippen LogP contribution in [0.5, 0.6) is 5.75 Å². The quantitative estimate of drug-likeness (QED) is 0.225. The molecular formula is C26H38N2O2. The minimum absolute atomic E-state index is 0.657. The molecule has 0 spiro atoms. The van der Waals surface area contributed by atoms with Gasteiger partial charge >= 0.3 is 0 Å². The summed E-state index contributed by atoms with van der Waals surface area (Å²) in [5.74, 6) is 1.46. The van der Waals surface area contributed by atoms with Crippen molar-refractivity contribution < 1.29 is 9.47 Å². The molecule has 164 valence electrons. The smallest absolute Gasteiger partial charge is 0.159 e. The van der Waals surface area contributed by atoms with E-state index in [1.54, 1.807) is 12.4 Å². The first-order valence-corrected chi connectivity index (χ1v) is 11.6. The highest BCUT2D eigenvalue weighted by atomic mass is 16.5. The molecule has 1 aromatic carbocycles. The number of nitrogens with zero attached hydrogens (tertiary/aromatic N) is 2. The van der Waals surface area contributed by atoms with Crippen LogP contribution in [0.15, 0.2) is 48.8 Å². The Balaban J connectivity index is 1.68. The predicted molar refractivity (Wildman–Crippen MR) is 125 cm³/mol. The number of allylic oxidation sites excluding steroid dienone is 1. The van der Waals surface area contributed by atoms with Crippen molar-refractivity contribution in [3.8, 4) is 17.1 Å². The summed E-state index contributed by atoms with van der Waals surface area (Å²) in [7, 11) is 0. The zero-order valence-electron chi connectivity index (χ0n) is 18.8. The van der Waals surface area contributed by atoms with Gasteiger partial charge < -0.3 is 9.47 Å². The fourth-order valence-electron chi connectivity index (χ4n) is 3.12. The molecular weight excluding hydrogens is 372 g/mol. The van der Waals surface area contributed by atoms with Crippen LogP contribution in [0.3, 0.4) is 0 Å². The van der Waals surface area contributed by atoms with Crippen LogP contribution in [0, 0.1) is 0 Å². The van der Waals surface area contributed by atoms with Crippen molar-refractivity contribution in [3.05, 3.63) is 54.4 Å². The number of benzene rings is 1. The lowest BCUT2D eigenvalue weighted by Gasteiger charge is -2.06. The van der Waals surface area contributed by atoms with E-state index in [9.17, 15) is 0 Å². The second-order valence-electron chi connectivity index (χ2n) is 7.61. The molecule has 2 aromatic rings. The fraction of sp³-hybridized carbons (Fsp3) is 0.538. The maximum Gasteiger partial charge on any atom is 0.159 e. The standard InChI is InChI=1S/C26H38N2O2/c1-3-5-6-7-8-12-20-30-25-21-27-26(28-22-25)24-16-14-23(15-17-24)13-10-9-11-19-29-18-4-2/h7-8,14-17,21-22H,3-6,9-13,18-20H2,1-2H3/b8-7-. The topological polar surface area (TPSA) is 44.2 Å². The van der Waals surface area contributed by atoms with Crippen molar-refractivity contribution in [1.82, 2.24) is 9.97 Å². The van der Waals surface area contributed by atoms with Crippen molar-refractivity contribution in [2.24, 2.45) is 0 Å². The van der Waals surface area contributed by atoms with Gasteiger partial charge in [-0.05, 0) is 44.1 Å². The molecule has 0 saturated heterocycles. The third-order valence-electron chi connectivity index (χ3n) is 4.89. The summed E-state index contributed by atoms with van der Waals surface area (Å²) in [5, 5.41) is 0. The fourth-order valence-corrected chi connectivity index (χ4v) is 3.12. The molecule has 0 radical (unpaired) electrons. The van der Waals surface area contributed by atoms with E-state index < -0.39 is 0 Å². The molecule has 0 aliphatic rings. The Morgan fingerprint density at radius 3 is 2.27 bits per heavy atom. The summed E-state index contributed by atoms with van der Waals surface area (Å²) in [6.45, 7) is 6.78. The van der Waals surface area contributed by atoms with Crippen LogP contribution in [0.25, 0.3) is 11.4 Å². The lowest BCUT2D eigenvalue weighted by molar-refractivity contribution is 0.130. The Morgan fingerprint density at radius 2 is 1.53 bits per heavy atom. The van der Waals surface area contributed by atoms with Gasteiger partial charge in [0.1, 0.15) is 0 Å². The molecule has 0 amide bonds. The van der Waals surface area contributed by atoms with Gasteiger partial charge in [-0.3, -0.25) is 0 Å². The van der Waals surface area contributed by atoms with Crippen molar-refractivity contribution in [1.29, 1.82) is 0 Å². The highest BCUT2D eigenvalue weighted by Gasteiger charge is 2.03. The molecule has 0 bridgehead atoms. The Labute approximate surface area is 182 Å². The molecule has 0 unspecified atom stereocenters.